The molecule has 1 heterocycles. The van der Waals surface area contributed by atoms with Crippen molar-refractivity contribution in [2.24, 2.45) is 0 Å². The molecule has 118 valence electrons. The second-order valence-corrected chi connectivity index (χ2v) is 4.61. The van der Waals surface area contributed by atoms with Gasteiger partial charge in [-0.15, -0.1) is 0 Å². The number of hydrogen-bond donors (Lipinski definition) is 0. The van der Waals surface area contributed by atoms with Crippen LogP contribution in [0.5, 0.6) is 11.5 Å². The lowest BCUT2D eigenvalue weighted by molar-refractivity contribution is -0.385. The van der Waals surface area contributed by atoms with Crippen LogP contribution in [0.25, 0.3) is 0 Å². The zero-order chi connectivity index (χ0) is 17.1. The molecule has 0 spiro atoms. The molecule has 8 heteroatoms. The van der Waals surface area contributed by atoms with Crippen molar-refractivity contribution in [1.29, 1.82) is 5.26 Å². The van der Waals surface area contributed by atoms with Crippen molar-refractivity contribution in [3.05, 3.63) is 45.7 Å². The fraction of sp³-hybridized carbons (Fsp3) is 0.200. The van der Waals surface area contributed by atoms with Gasteiger partial charge in [-0.3, -0.25) is 19.8 Å². The molecule has 0 saturated carbocycles. The summed E-state index contributed by atoms with van der Waals surface area (Å²) in [6.45, 7) is 1.69. The van der Waals surface area contributed by atoms with E-state index in [-0.39, 0.29) is 28.8 Å². The Bertz CT molecular complexity index is 789. The van der Waals surface area contributed by atoms with Gasteiger partial charge in [0.1, 0.15) is 5.75 Å². The number of amides is 1. The first-order chi connectivity index (χ1) is 10.9. The normalized spacial score (nSPS) is 15.4. The number of carbonyl (C=O) groups excluding carboxylic acids is 1. The molecule has 0 radical (unpaired) electrons. The van der Waals surface area contributed by atoms with E-state index in [1.165, 1.54) is 43.4 Å². The monoisotopic (exact) mass is 315 g/mol. The average molecular weight is 315 g/mol. The van der Waals surface area contributed by atoms with Gasteiger partial charge in [0, 0.05) is 18.2 Å². The molecule has 1 aromatic carbocycles. The van der Waals surface area contributed by atoms with Crippen LogP contribution in [0.2, 0.25) is 0 Å². The van der Waals surface area contributed by atoms with Crippen molar-refractivity contribution in [1.82, 2.24) is 0 Å². The maximum absolute atomic E-state index is 12.2. The minimum absolute atomic E-state index is 0.0144. The Morgan fingerprint density at radius 1 is 1.30 bits per heavy atom. The molecule has 0 unspecified atom stereocenters. The first-order valence-corrected chi connectivity index (χ1v) is 6.47. The van der Waals surface area contributed by atoms with Crippen LogP contribution in [0.3, 0.4) is 0 Å². The van der Waals surface area contributed by atoms with E-state index in [0.717, 1.165) is 0 Å². The summed E-state index contributed by atoms with van der Waals surface area (Å²) in [7, 11) is 2.63. The van der Waals surface area contributed by atoms with Crippen LogP contribution in [-0.4, -0.2) is 25.1 Å². The summed E-state index contributed by atoms with van der Waals surface area (Å²) in [6, 6.07) is 4.40. The lowest BCUT2D eigenvalue weighted by atomic mass is 10.2. The van der Waals surface area contributed by atoms with E-state index in [9.17, 15) is 14.9 Å². The maximum Gasteiger partial charge on any atom is 0.314 e. The van der Waals surface area contributed by atoms with Crippen LogP contribution < -0.4 is 14.4 Å². The summed E-state index contributed by atoms with van der Waals surface area (Å²) in [5.74, 6) is -0.268. The molecule has 1 aliphatic rings. The van der Waals surface area contributed by atoms with Gasteiger partial charge in [-0.25, -0.2) is 0 Å². The summed E-state index contributed by atoms with van der Waals surface area (Å²) >= 11 is 0. The minimum atomic E-state index is -0.605. The third kappa shape index (κ3) is 2.72. The molecule has 0 N–H and O–H groups in total. The minimum Gasteiger partial charge on any atom is -0.494 e. The Balaban J connectivity index is 2.68. The molecular weight excluding hydrogens is 302 g/mol. The Hall–Kier alpha value is -3.34. The van der Waals surface area contributed by atoms with Gasteiger partial charge in [0.25, 0.3) is 5.91 Å². The highest BCUT2D eigenvalue weighted by molar-refractivity contribution is 6.10. The number of hydrogen-bond acceptors (Lipinski definition) is 6. The van der Waals surface area contributed by atoms with Crippen LogP contribution in [0.15, 0.2) is 35.6 Å². The first kappa shape index (κ1) is 16.0. The highest BCUT2D eigenvalue weighted by Crippen LogP contribution is 2.42. The van der Waals surface area contributed by atoms with E-state index in [4.69, 9.17) is 14.7 Å². The quantitative estimate of drug-likeness (QED) is 0.479. The number of allylic oxidation sites excluding steroid dienone is 2. The Morgan fingerprint density at radius 3 is 2.48 bits per heavy atom. The van der Waals surface area contributed by atoms with Crippen LogP contribution in [0.4, 0.5) is 11.4 Å². The number of benzene rings is 1. The average Bonchev–Trinajstić information content (AvgIpc) is 2.80. The van der Waals surface area contributed by atoms with Gasteiger partial charge >= 0.3 is 5.69 Å². The Morgan fingerprint density at radius 2 is 1.96 bits per heavy atom. The standard InChI is InChI=1S/C15H13N3O5/c1-9-6-15(19)17(10(9)4-5-16)11-7-14(23-3)12(18(20)21)8-13(11)22-2/h4,6-8H,1-3H3. The summed E-state index contributed by atoms with van der Waals surface area (Å²) in [5, 5.41) is 20.0. The Kier molecular flexibility index (Phi) is 4.32. The van der Waals surface area contributed by atoms with Gasteiger partial charge in [-0.2, -0.15) is 5.26 Å². The van der Waals surface area contributed by atoms with Crippen molar-refractivity contribution >= 4 is 17.3 Å². The topological polar surface area (TPSA) is 106 Å². The summed E-state index contributed by atoms with van der Waals surface area (Å²) in [5.41, 5.74) is 0.965. The highest BCUT2D eigenvalue weighted by Gasteiger charge is 2.31. The van der Waals surface area contributed by atoms with Gasteiger partial charge in [-0.05, 0) is 12.5 Å². The van der Waals surface area contributed by atoms with Crippen molar-refractivity contribution in [3.8, 4) is 17.6 Å². The number of anilines is 1. The van der Waals surface area contributed by atoms with Crippen molar-refractivity contribution in [2.45, 2.75) is 6.92 Å². The molecule has 2 rings (SSSR count). The smallest absolute Gasteiger partial charge is 0.314 e. The van der Waals surface area contributed by atoms with Crippen molar-refractivity contribution in [2.75, 3.05) is 19.1 Å². The lowest BCUT2D eigenvalue weighted by Crippen LogP contribution is -2.24. The molecular formula is C15H13N3O5. The molecule has 1 aliphatic heterocycles. The fourth-order valence-corrected chi connectivity index (χ4v) is 2.29. The van der Waals surface area contributed by atoms with Gasteiger partial charge in [0.2, 0.25) is 0 Å². The lowest BCUT2D eigenvalue weighted by Gasteiger charge is -2.21. The zero-order valence-corrected chi connectivity index (χ0v) is 12.7. The molecule has 0 saturated heterocycles. The highest BCUT2D eigenvalue weighted by atomic mass is 16.6. The number of nitro groups is 1. The molecule has 0 atom stereocenters. The van der Waals surface area contributed by atoms with Crippen LogP contribution >= 0.6 is 0 Å². The second-order valence-electron chi connectivity index (χ2n) is 4.61. The molecule has 1 amide bonds. The van der Waals surface area contributed by atoms with E-state index in [0.29, 0.717) is 11.3 Å². The molecule has 1 aromatic rings. The number of carbonyl (C=O) groups is 1. The van der Waals surface area contributed by atoms with Gasteiger partial charge in [0.15, 0.2) is 5.75 Å². The third-order valence-electron chi connectivity index (χ3n) is 3.32. The van der Waals surface area contributed by atoms with E-state index in [2.05, 4.69) is 0 Å². The number of nitro benzene ring substituents is 1. The summed E-state index contributed by atoms with van der Waals surface area (Å²) < 4.78 is 10.2. The molecule has 0 aliphatic carbocycles. The molecule has 0 fully saturated rings. The van der Waals surface area contributed by atoms with Gasteiger partial charge < -0.3 is 9.47 Å². The first-order valence-electron chi connectivity index (χ1n) is 6.47. The van der Waals surface area contributed by atoms with Gasteiger partial charge in [0.05, 0.1) is 42.7 Å². The SMILES string of the molecule is COc1cc([N+](=O)[O-])c(OC)cc1N1C(=O)C=C(C)C1=CC#N. The molecule has 0 aromatic heterocycles. The number of rotatable bonds is 4. The second kappa shape index (κ2) is 6.19. The van der Waals surface area contributed by atoms with Crippen LogP contribution in [0.1, 0.15) is 6.92 Å². The largest absolute Gasteiger partial charge is 0.494 e. The molecule has 23 heavy (non-hydrogen) atoms. The molecule has 0 bridgehead atoms. The number of ether oxygens (including phenoxy) is 2. The number of nitrogens with zero attached hydrogens (tertiary/aromatic N) is 3. The summed E-state index contributed by atoms with van der Waals surface area (Å²) in [6.07, 6.45) is 2.60. The van der Waals surface area contributed by atoms with Gasteiger partial charge in [-0.1, -0.05) is 0 Å². The number of methoxy groups -OCH3 is 2. The maximum atomic E-state index is 12.2. The predicted octanol–water partition coefficient (Wildman–Crippen LogP) is 2.31. The van der Waals surface area contributed by atoms with E-state index in [1.54, 1.807) is 6.92 Å². The van der Waals surface area contributed by atoms with Crippen LogP contribution in [-0.2, 0) is 4.79 Å². The summed E-state index contributed by atoms with van der Waals surface area (Å²) in [4.78, 5) is 24.0. The fourth-order valence-electron chi connectivity index (χ4n) is 2.29. The van der Waals surface area contributed by atoms with E-state index in [1.807, 2.05) is 6.07 Å². The van der Waals surface area contributed by atoms with Crippen molar-refractivity contribution in [3.63, 3.8) is 0 Å². The third-order valence-corrected chi connectivity index (χ3v) is 3.32. The Labute approximate surface area is 132 Å². The molecule has 8 nitrogen and oxygen atoms in total. The zero-order valence-electron chi connectivity index (χ0n) is 12.7. The van der Waals surface area contributed by atoms with E-state index >= 15 is 0 Å². The van der Waals surface area contributed by atoms with Crippen LogP contribution in [0, 0.1) is 21.4 Å². The van der Waals surface area contributed by atoms with E-state index < -0.39 is 4.92 Å². The number of nitriles is 1. The predicted molar refractivity (Wildman–Crippen MR) is 81.1 cm³/mol. The van der Waals surface area contributed by atoms with Crippen molar-refractivity contribution < 1.29 is 19.2 Å².